The first-order valence-electron chi connectivity index (χ1n) is 8.38. The van der Waals surface area contributed by atoms with Crippen LogP contribution in [0, 0.1) is 11.3 Å². The summed E-state index contributed by atoms with van der Waals surface area (Å²) in [7, 11) is 1.56. The van der Waals surface area contributed by atoms with Gasteiger partial charge in [0.05, 0.1) is 24.4 Å². The van der Waals surface area contributed by atoms with Gasteiger partial charge in [0.1, 0.15) is 23.0 Å². The summed E-state index contributed by atoms with van der Waals surface area (Å²) in [5, 5.41) is 9.00. The van der Waals surface area contributed by atoms with E-state index >= 15 is 0 Å². The molecule has 27 heavy (non-hydrogen) atoms. The van der Waals surface area contributed by atoms with Gasteiger partial charge in [-0.3, -0.25) is 4.72 Å². The van der Waals surface area contributed by atoms with Gasteiger partial charge in [0.25, 0.3) is 10.0 Å². The molecule has 1 atom stereocenters. The molecule has 1 heterocycles. The number of methoxy groups -OCH3 is 1. The van der Waals surface area contributed by atoms with Crippen molar-refractivity contribution in [1.82, 2.24) is 4.90 Å². The van der Waals surface area contributed by atoms with Crippen molar-refractivity contribution in [2.45, 2.75) is 17.4 Å². The Bertz CT molecular complexity index is 996. The minimum Gasteiger partial charge on any atom is -0.496 e. The molecular formula is C19H21N3O4S. The summed E-state index contributed by atoms with van der Waals surface area (Å²) in [5.41, 5.74) is 1.42. The molecule has 0 amide bonds. The third kappa shape index (κ3) is 3.84. The normalized spacial score (nSPS) is 16.2. The van der Waals surface area contributed by atoms with Crippen LogP contribution in [0.15, 0.2) is 41.3 Å². The van der Waals surface area contributed by atoms with Gasteiger partial charge in [0.15, 0.2) is 0 Å². The molecule has 0 saturated carbocycles. The van der Waals surface area contributed by atoms with E-state index in [1.165, 1.54) is 12.1 Å². The van der Waals surface area contributed by atoms with Crippen LogP contribution >= 0.6 is 0 Å². The Hall–Kier alpha value is -2.76. The second-order valence-electron chi connectivity index (χ2n) is 6.50. The number of fused-ring (bicyclic) bond motifs is 1. The summed E-state index contributed by atoms with van der Waals surface area (Å²) in [6, 6.07) is 11.5. The number of sulfonamides is 1. The molecule has 0 aliphatic carbocycles. The molecule has 2 aromatic carbocycles. The van der Waals surface area contributed by atoms with E-state index in [-0.39, 0.29) is 10.9 Å². The fourth-order valence-corrected chi connectivity index (χ4v) is 4.23. The maximum absolute atomic E-state index is 13.0. The van der Waals surface area contributed by atoms with Crippen LogP contribution in [0.1, 0.15) is 11.1 Å². The number of likely N-dealkylation sites (N-methyl/N-ethyl adjacent to an activating group) is 1. The summed E-state index contributed by atoms with van der Waals surface area (Å²) >= 11 is 0. The van der Waals surface area contributed by atoms with Crippen molar-refractivity contribution in [3.63, 3.8) is 0 Å². The molecule has 3 rings (SSSR count). The lowest BCUT2D eigenvalue weighted by atomic mass is 10.0. The molecule has 142 valence electrons. The van der Waals surface area contributed by atoms with Crippen LogP contribution in [-0.2, 0) is 16.4 Å². The lowest BCUT2D eigenvalue weighted by molar-refractivity contribution is 0.159. The predicted molar refractivity (Wildman–Crippen MR) is 102 cm³/mol. The maximum Gasteiger partial charge on any atom is 0.265 e. The van der Waals surface area contributed by atoms with Gasteiger partial charge < -0.3 is 14.4 Å². The molecule has 0 aromatic heterocycles. The SMILES string of the molecule is COc1ccc(S(=O)(=O)Nc2cccc(C#N)c2)c2c1CC(N(C)C)CO2. The largest absolute Gasteiger partial charge is 0.496 e. The van der Waals surface area contributed by atoms with Crippen LogP contribution < -0.4 is 14.2 Å². The first-order valence-corrected chi connectivity index (χ1v) is 9.86. The average molecular weight is 387 g/mol. The lowest BCUT2D eigenvalue weighted by Gasteiger charge is -2.31. The van der Waals surface area contributed by atoms with E-state index in [0.717, 1.165) is 5.56 Å². The summed E-state index contributed by atoms with van der Waals surface area (Å²) in [4.78, 5) is 2.09. The molecule has 0 fully saturated rings. The molecular weight excluding hydrogens is 366 g/mol. The average Bonchev–Trinajstić information content (AvgIpc) is 2.66. The van der Waals surface area contributed by atoms with E-state index in [1.54, 1.807) is 31.4 Å². The summed E-state index contributed by atoms with van der Waals surface area (Å²) < 4.78 is 39.7. The molecule has 0 radical (unpaired) electrons. The number of hydrogen-bond acceptors (Lipinski definition) is 6. The Morgan fingerprint density at radius 3 is 2.74 bits per heavy atom. The van der Waals surface area contributed by atoms with Gasteiger partial charge in [0, 0.05) is 11.6 Å². The van der Waals surface area contributed by atoms with E-state index in [1.807, 2.05) is 25.1 Å². The summed E-state index contributed by atoms with van der Waals surface area (Å²) in [6.45, 7) is 0.388. The maximum atomic E-state index is 13.0. The third-order valence-electron chi connectivity index (χ3n) is 4.52. The molecule has 1 aliphatic rings. The van der Waals surface area contributed by atoms with Gasteiger partial charge in [-0.25, -0.2) is 8.42 Å². The van der Waals surface area contributed by atoms with Crippen molar-refractivity contribution in [3.8, 4) is 17.6 Å². The highest BCUT2D eigenvalue weighted by Gasteiger charge is 2.31. The fraction of sp³-hybridized carbons (Fsp3) is 0.316. The minimum atomic E-state index is -3.90. The van der Waals surface area contributed by atoms with Gasteiger partial charge >= 0.3 is 0 Å². The second-order valence-corrected chi connectivity index (χ2v) is 8.16. The molecule has 1 N–H and O–H groups in total. The number of hydrogen-bond donors (Lipinski definition) is 1. The van der Waals surface area contributed by atoms with Crippen LogP contribution in [0.5, 0.6) is 11.5 Å². The van der Waals surface area contributed by atoms with Crippen molar-refractivity contribution in [3.05, 3.63) is 47.5 Å². The standard InChI is InChI=1S/C19H21N3O4S/c1-22(2)15-10-16-17(25-3)7-8-18(19(16)26-12-15)27(23,24)21-14-6-4-5-13(9-14)11-20/h4-9,15,21H,10,12H2,1-3H3. The third-order valence-corrected chi connectivity index (χ3v) is 5.93. The number of nitrogens with one attached hydrogen (secondary N) is 1. The topological polar surface area (TPSA) is 91.7 Å². The highest BCUT2D eigenvalue weighted by atomic mass is 32.2. The first-order chi connectivity index (χ1) is 12.9. The van der Waals surface area contributed by atoms with Crippen molar-refractivity contribution in [2.24, 2.45) is 0 Å². The van der Waals surface area contributed by atoms with Crippen LogP contribution in [-0.4, -0.2) is 47.2 Å². The van der Waals surface area contributed by atoms with Crippen molar-refractivity contribution >= 4 is 15.7 Å². The molecule has 2 aromatic rings. The Morgan fingerprint density at radius 2 is 2.07 bits per heavy atom. The number of benzene rings is 2. The molecule has 7 nitrogen and oxygen atoms in total. The van der Waals surface area contributed by atoms with Gasteiger partial charge in [0.2, 0.25) is 0 Å². The smallest absolute Gasteiger partial charge is 0.265 e. The first kappa shape index (κ1) is 19.0. The lowest BCUT2D eigenvalue weighted by Crippen LogP contribution is -2.39. The molecule has 0 spiro atoms. The molecule has 1 unspecified atom stereocenters. The van der Waals surface area contributed by atoms with Crippen LogP contribution in [0.25, 0.3) is 0 Å². The zero-order valence-corrected chi connectivity index (χ0v) is 16.2. The fourth-order valence-electron chi connectivity index (χ4n) is 3.01. The van der Waals surface area contributed by atoms with Gasteiger partial charge in [-0.15, -0.1) is 0 Å². The van der Waals surface area contributed by atoms with E-state index in [9.17, 15) is 8.42 Å². The molecule has 1 aliphatic heterocycles. The van der Waals surface area contributed by atoms with Gasteiger partial charge in [-0.2, -0.15) is 5.26 Å². The van der Waals surface area contributed by atoms with E-state index in [0.29, 0.717) is 35.8 Å². The number of rotatable bonds is 5. The van der Waals surface area contributed by atoms with Crippen LogP contribution in [0.3, 0.4) is 0 Å². The molecule has 0 saturated heterocycles. The Labute approximate surface area is 159 Å². The second kappa shape index (κ2) is 7.47. The highest BCUT2D eigenvalue weighted by molar-refractivity contribution is 7.92. The number of ether oxygens (including phenoxy) is 2. The Kier molecular flexibility index (Phi) is 5.26. The number of nitriles is 1. The predicted octanol–water partition coefficient (Wildman–Crippen LogP) is 2.23. The van der Waals surface area contributed by atoms with Crippen LogP contribution in [0.4, 0.5) is 5.69 Å². The van der Waals surface area contributed by atoms with Gasteiger partial charge in [-0.05, 0) is 50.8 Å². The quantitative estimate of drug-likeness (QED) is 0.846. The highest BCUT2D eigenvalue weighted by Crippen LogP contribution is 2.39. The van der Waals surface area contributed by atoms with E-state index in [2.05, 4.69) is 4.72 Å². The van der Waals surface area contributed by atoms with Crippen molar-refractivity contribution in [2.75, 3.05) is 32.5 Å². The Morgan fingerprint density at radius 1 is 1.30 bits per heavy atom. The minimum absolute atomic E-state index is 0.0536. The zero-order valence-electron chi connectivity index (χ0n) is 15.4. The van der Waals surface area contributed by atoms with Gasteiger partial charge in [-0.1, -0.05) is 6.07 Å². The van der Waals surface area contributed by atoms with Crippen LogP contribution in [0.2, 0.25) is 0 Å². The molecule has 8 heteroatoms. The summed E-state index contributed by atoms with van der Waals surface area (Å²) in [6.07, 6.45) is 0.624. The monoisotopic (exact) mass is 387 g/mol. The van der Waals surface area contributed by atoms with E-state index < -0.39 is 10.0 Å². The van der Waals surface area contributed by atoms with Crippen molar-refractivity contribution < 1.29 is 17.9 Å². The number of nitrogens with zero attached hydrogens (tertiary/aromatic N) is 2. The van der Waals surface area contributed by atoms with Crippen molar-refractivity contribution in [1.29, 1.82) is 5.26 Å². The molecule has 0 bridgehead atoms. The Balaban J connectivity index is 2.01. The van der Waals surface area contributed by atoms with E-state index in [4.69, 9.17) is 14.7 Å². The summed E-state index contributed by atoms with van der Waals surface area (Å²) in [5.74, 6) is 0.915. The zero-order chi connectivity index (χ0) is 19.6. The number of anilines is 1.